The number of aliphatic hydroxyl groups is 5. The van der Waals surface area contributed by atoms with E-state index in [1.165, 1.54) is 257 Å². The minimum Gasteiger partial charge on any atom is -0.466 e. The molecule has 0 bridgehead atoms. The maximum atomic E-state index is 13.1. The molecule has 7 atom stereocenters. The van der Waals surface area contributed by atoms with Gasteiger partial charge in [-0.3, -0.25) is 9.59 Å². The summed E-state index contributed by atoms with van der Waals surface area (Å²) in [6.07, 6.45) is 68.4. The average Bonchev–Trinajstić information content (AvgIpc) is 3.50. The van der Waals surface area contributed by atoms with Crippen LogP contribution < -0.4 is 5.32 Å². The lowest BCUT2D eigenvalue weighted by Crippen LogP contribution is -2.60. The zero-order valence-corrected chi connectivity index (χ0v) is 54.2. The van der Waals surface area contributed by atoms with Crippen LogP contribution >= 0.6 is 0 Å². The van der Waals surface area contributed by atoms with Gasteiger partial charge < -0.3 is 45.1 Å². The number of ether oxygens (including phenoxy) is 3. The van der Waals surface area contributed by atoms with E-state index in [0.717, 1.165) is 64.2 Å². The number of esters is 1. The van der Waals surface area contributed by atoms with Crippen LogP contribution in [0.4, 0.5) is 0 Å². The molecule has 1 aliphatic rings. The lowest BCUT2D eigenvalue weighted by atomic mass is 9.99. The third-order valence-electron chi connectivity index (χ3n) is 17.0. The number of rotatable bonds is 63. The van der Waals surface area contributed by atoms with Crippen LogP contribution in [-0.4, -0.2) is 100 Å². The molecule has 0 aromatic carbocycles. The Morgan fingerprint density at radius 3 is 1.22 bits per heavy atom. The average molecular weight is 1170 g/mol. The molecular weight excluding hydrogens is 1040 g/mol. The molecule has 0 aromatic heterocycles. The molecule has 11 heteroatoms. The number of aliphatic hydroxyl groups excluding tert-OH is 5. The number of nitrogens with one attached hydrogen (secondary N) is 1. The Morgan fingerprint density at radius 1 is 0.446 bits per heavy atom. The highest BCUT2D eigenvalue weighted by Gasteiger charge is 2.44. The van der Waals surface area contributed by atoms with Crippen molar-refractivity contribution in [3.63, 3.8) is 0 Å². The first kappa shape index (κ1) is 78.9. The second kappa shape index (κ2) is 61.5. The van der Waals surface area contributed by atoms with Crippen molar-refractivity contribution < 1.29 is 49.3 Å². The third kappa shape index (κ3) is 50.6. The molecule has 1 fully saturated rings. The Kier molecular flexibility index (Phi) is 58.5. The predicted molar refractivity (Wildman–Crippen MR) is 347 cm³/mol. The summed E-state index contributed by atoms with van der Waals surface area (Å²) < 4.78 is 16.7. The van der Waals surface area contributed by atoms with Crippen LogP contribution in [0.25, 0.3) is 0 Å². The smallest absolute Gasteiger partial charge is 0.305 e. The summed E-state index contributed by atoms with van der Waals surface area (Å²) in [7, 11) is 0. The van der Waals surface area contributed by atoms with E-state index >= 15 is 0 Å². The molecule has 6 N–H and O–H groups in total. The molecule has 1 aliphatic heterocycles. The second-order valence-electron chi connectivity index (χ2n) is 24.9. The molecule has 0 spiro atoms. The second-order valence-corrected chi connectivity index (χ2v) is 24.9. The lowest BCUT2D eigenvalue weighted by molar-refractivity contribution is -0.302. The van der Waals surface area contributed by atoms with Crippen LogP contribution in [0.3, 0.4) is 0 Å². The van der Waals surface area contributed by atoms with Gasteiger partial charge in [-0.05, 0) is 64.2 Å². The summed E-state index contributed by atoms with van der Waals surface area (Å²) in [6.45, 7) is 4.37. The molecule has 11 nitrogen and oxygen atoms in total. The van der Waals surface area contributed by atoms with Crippen molar-refractivity contribution in [1.29, 1.82) is 0 Å². The van der Waals surface area contributed by atoms with E-state index in [-0.39, 0.29) is 18.5 Å². The Hall–Kier alpha value is -2.12. The molecule has 0 aromatic rings. The van der Waals surface area contributed by atoms with E-state index in [1.807, 2.05) is 6.08 Å². The van der Waals surface area contributed by atoms with Gasteiger partial charge in [-0.25, -0.2) is 0 Å². The van der Waals surface area contributed by atoms with Crippen molar-refractivity contribution in [2.75, 3.05) is 19.8 Å². The number of amides is 1. The maximum Gasteiger partial charge on any atom is 0.305 e. The SMILES string of the molecule is CCCCCCCCCCCCC/C=C/C(O)C(COC1OC(CO)C(O)C(O)C1O)NC(=O)CCCCCCCCCCCCCCCCC/C=C\C/C=C\CCCCCCCCCCCOC(=O)CCCCCCCCCCCCC. The van der Waals surface area contributed by atoms with Gasteiger partial charge in [-0.2, -0.15) is 0 Å². The first-order valence-electron chi connectivity index (χ1n) is 35.8. The van der Waals surface area contributed by atoms with Crippen LogP contribution in [-0.2, 0) is 23.8 Å². The van der Waals surface area contributed by atoms with Crippen molar-refractivity contribution in [3.05, 3.63) is 36.5 Å². The van der Waals surface area contributed by atoms with E-state index in [0.29, 0.717) is 19.4 Å². The third-order valence-corrected chi connectivity index (χ3v) is 17.0. The molecule has 7 unspecified atom stereocenters. The summed E-state index contributed by atoms with van der Waals surface area (Å²) in [5.74, 6) is -0.174. The van der Waals surface area contributed by atoms with Crippen LogP contribution in [0.5, 0.6) is 0 Å². The van der Waals surface area contributed by atoms with Crippen LogP contribution in [0, 0.1) is 0 Å². The van der Waals surface area contributed by atoms with Gasteiger partial charge in [0.05, 0.1) is 32.0 Å². The predicted octanol–water partition coefficient (Wildman–Crippen LogP) is 18.2. The van der Waals surface area contributed by atoms with Gasteiger partial charge in [-0.1, -0.05) is 307 Å². The highest BCUT2D eigenvalue weighted by atomic mass is 16.7. The molecule has 0 radical (unpaired) electrons. The van der Waals surface area contributed by atoms with Gasteiger partial charge in [0.15, 0.2) is 6.29 Å². The minimum absolute atomic E-state index is 0.00522. The molecule has 1 saturated heterocycles. The summed E-state index contributed by atoms with van der Waals surface area (Å²) in [6, 6.07) is -0.809. The van der Waals surface area contributed by atoms with E-state index < -0.39 is 49.5 Å². The van der Waals surface area contributed by atoms with Crippen molar-refractivity contribution in [1.82, 2.24) is 5.32 Å². The van der Waals surface area contributed by atoms with E-state index in [2.05, 4.69) is 43.5 Å². The standard InChI is InChI=1S/C72H135NO10/c1-3-5-7-9-11-13-15-35-39-42-46-50-54-58-65(75)64(63-82-72-71(80)70(79)69(78)66(62-74)83-72)73-67(76)59-55-51-47-43-40-36-33-31-29-27-25-23-21-19-17-16-18-20-22-24-26-28-30-32-34-37-41-45-49-53-57-61-81-68(77)60-56-52-48-44-38-14-12-10-8-6-4-2/h18,20,24,26,54,58,64-66,69-72,74-75,78-80H,3-17,19,21-23,25,27-53,55-57,59-63H2,1-2H3,(H,73,76)/b20-18-,26-24-,58-54+. The van der Waals surface area contributed by atoms with E-state index in [1.54, 1.807) is 6.08 Å². The number of unbranched alkanes of at least 4 members (excludes halogenated alkanes) is 45. The zero-order valence-electron chi connectivity index (χ0n) is 54.2. The normalized spacial score (nSPS) is 18.3. The summed E-state index contributed by atoms with van der Waals surface area (Å²) in [5.41, 5.74) is 0. The van der Waals surface area contributed by atoms with Crippen molar-refractivity contribution in [3.8, 4) is 0 Å². The molecule has 0 saturated carbocycles. The Balaban J connectivity index is 1.98. The Morgan fingerprint density at radius 2 is 0.807 bits per heavy atom. The van der Waals surface area contributed by atoms with Gasteiger partial charge in [0.2, 0.25) is 5.91 Å². The van der Waals surface area contributed by atoms with Crippen molar-refractivity contribution in [2.24, 2.45) is 0 Å². The Bertz CT molecular complexity index is 1470. The van der Waals surface area contributed by atoms with E-state index in [4.69, 9.17) is 14.2 Å². The van der Waals surface area contributed by atoms with Crippen LogP contribution in [0.15, 0.2) is 36.5 Å². The lowest BCUT2D eigenvalue weighted by Gasteiger charge is -2.40. The number of allylic oxidation sites excluding steroid dienone is 5. The largest absolute Gasteiger partial charge is 0.466 e. The number of carbonyl (C=O) groups is 2. The molecule has 488 valence electrons. The van der Waals surface area contributed by atoms with Crippen molar-refractivity contribution >= 4 is 11.9 Å². The first-order chi connectivity index (χ1) is 40.7. The monoisotopic (exact) mass is 1170 g/mol. The van der Waals surface area contributed by atoms with Crippen LogP contribution in [0.2, 0.25) is 0 Å². The molecule has 0 aliphatic carbocycles. The molecule has 1 amide bonds. The number of hydrogen-bond acceptors (Lipinski definition) is 10. The van der Waals surface area contributed by atoms with Crippen molar-refractivity contribution in [2.45, 2.75) is 391 Å². The van der Waals surface area contributed by atoms with Crippen LogP contribution in [0.1, 0.15) is 348 Å². The molecular formula is C72H135NO10. The van der Waals surface area contributed by atoms with Gasteiger partial charge in [0.1, 0.15) is 24.4 Å². The molecule has 83 heavy (non-hydrogen) atoms. The van der Waals surface area contributed by atoms with Gasteiger partial charge in [-0.15, -0.1) is 0 Å². The fraction of sp³-hybridized carbons (Fsp3) is 0.889. The number of carbonyl (C=O) groups excluding carboxylic acids is 2. The molecule has 1 heterocycles. The highest BCUT2D eigenvalue weighted by Crippen LogP contribution is 2.23. The van der Waals surface area contributed by atoms with Gasteiger partial charge >= 0.3 is 5.97 Å². The highest BCUT2D eigenvalue weighted by molar-refractivity contribution is 5.76. The Labute approximate surface area is 511 Å². The summed E-state index contributed by atoms with van der Waals surface area (Å²) >= 11 is 0. The summed E-state index contributed by atoms with van der Waals surface area (Å²) in [5, 5.41) is 54.5. The summed E-state index contributed by atoms with van der Waals surface area (Å²) in [4.78, 5) is 25.1. The fourth-order valence-corrected chi connectivity index (χ4v) is 11.4. The zero-order chi connectivity index (χ0) is 60.2. The topological polar surface area (TPSA) is 175 Å². The number of hydrogen-bond donors (Lipinski definition) is 6. The van der Waals surface area contributed by atoms with Gasteiger partial charge in [0, 0.05) is 12.8 Å². The molecule has 1 rings (SSSR count). The minimum atomic E-state index is -1.57. The van der Waals surface area contributed by atoms with Gasteiger partial charge in [0.25, 0.3) is 0 Å². The maximum absolute atomic E-state index is 13.1. The quantitative estimate of drug-likeness (QED) is 0.0195. The fourth-order valence-electron chi connectivity index (χ4n) is 11.4. The van der Waals surface area contributed by atoms with E-state index in [9.17, 15) is 35.1 Å². The first-order valence-corrected chi connectivity index (χ1v) is 35.8.